The van der Waals surface area contributed by atoms with Gasteiger partial charge in [0.05, 0.1) is 11.4 Å². The Hall–Kier alpha value is -1.40. The van der Waals surface area contributed by atoms with E-state index in [1.165, 1.54) is 11.3 Å². The van der Waals surface area contributed by atoms with E-state index in [2.05, 4.69) is 9.97 Å². The number of carbonyl (C=O) groups excluding carboxylic acids is 1. The molecule has 0 atom stereocenters. The molecule has 0 aromatic carbocycles. The summed E-state index contributed by atoms with van der Waals surface area (Å²) in [6.07, 6.45) is 3.46. The maximum Gasteiger partial charge on any atom is 0.238 e. The van der Waals surface area contributed by atoms with E-state index in [-0.39, 0.29) is 5.91 Å². The van der Waals surface area contributed by atoms with Gasteiger partial charge in [0.25, 0.3) is 0 Å². The predicted octanol–water partition coefficient (Wildman–Crippen LogP) is 2.43. The summed E-state index contributed by atoms with van der Waals surface area (Å²) >= 11 is 3.02. The number of anilines is 1. The Morgan fingerprint density at radius 1 is 1.39 bits per heavy atom. The third-order valence-corrected chi connectivity index (χ3v) is 4.08. The second-order valence-electron chi connectivity index (χ2n) is 3.58. The molecule has 0 fully saturated rings. The van der Waals surface area contributed by atoms with Crippen molar-refractivity contribution < 1.29 is 4.79 Å². The van der Waals surface area contributed by atoms with Crippen molar-refractivity contribution in [3.8, 4) is 0 Å². The number of pyridine rings is 1. The molecular formula is C12H13N3OS2. The molecule has 0 aliphatic carbocycles. The van der Waals surface area contributed by atoms with Crippen LogP contribution in [0.5, 0.6) is 0 Å². The number of aromatic nitrogens is 2. The molecule has 0 spiro atoms. The highest BCUT2D eigenvalue weighted by molar-refractivity contribution is 7.99. The van der Waals surface area contributed by atoms with E-state index in [0.717, 1.165) is 16.6 Å². The third kappa shape index (κ3) is 3.54. The van der Waals surface area contributed by atoms with Crippen LogP contribution in [0.2, 0.25) is 0 Å². The predicted molar refractivity (Wildman–Crippen MR) is 75.9 cm³/mol. The minimum Gasteiger partial charge on any atom is -0.291 e. The van der Waals surface area contributed by atoms with Crippen LogP contribution in [0.15, 0.2) is 36.0 Å². The van der Waals surface area contributed by atoms with Crippen molar-refractivity contribution in [1.29, 1.82) is 0 Å². The SMILES string of the molecule is CN(C(=O)CSCc1ccccn1)c1nccs1. The van der Waals surface area contributed by atoms with Gasteiger partial charge in [-0.3, -0.25) is 14.7 Å². The van der Waals surface area contributed by atoms with Crippen molar-refractivity contribution in [2.24, 2.45) is 0 Å². The first kappa shape index (κ1) is 13.0. The van der Waals surface area contributed by atoms with Gasteiger partial charge in [0.2, 0.25) is 5.91 Å². The highest BCUT2D eigenvalue weighted by Gasteiger charge is 2.12. The molecule has 0 bridgehead atoms. The first-order valence-electron chi connectivity index (χ1n) is 5.41. The van der Waals surface area contributed by atoms with Crippen LogP contribution in [0.4, 0.5) is 5.13 Å². The summed E-state index contributed by atoms with van der Waals surface area (Å²) < 4.78 is 0. The number of amides is 1. The van der Waals surface area contributed by atoms with Gasteiger partial charge in [0.15, 0.2) is 5.13 Å². The molecule has 6 heteroatoms. The molecular weight excluding hydrogens is 266 g/mol. The van der Waals surface area contributed by atoms with E-state index in [1.807, 2.05) is 23.6 Å². The smallest absolute Gasteiger partial charge is 0.238 e. The molecule has 94 valence electrons. The van der Waals surface area contributed by atoms with Crippen molar-refractivity contribution in [2.45, 2.75) is 5.75 Å². The van der Waals surface area contributed by atoms with Crippen LogP contribution in [0.25, 0.3) is 0 Å². The third-order valence-electron chi connectivity index (χ3n) is 2.28. The van der Waals surface area contributed by atoms with E-state index in [9.17, 15) is 4.79 Å². The topological polar surface area (TPSA) is 46.1 Å². The van der Waals surface area contributed by atoms with Crippen LogP contribution in [-0.2, 0) is 10.5 Å². The van der Waals surface area contributed by atoms with Crippen molar-refractivity contribution >= 4 is 34.1 Å². The molecule has 0 radical (unpaired) electrons. The minimum atomic E-state index is 0.0610. The molecule has 1 amide bonds. The summed E-state index contributed by atoms with van der Waals surface area (Å²) in [5.74, 6) is 1.25. The van der Waals surface area contributed by atoms with Gasteiger partial charge in [-0.25, -0.2) is 4.98 Å². The first-order valence-corrected chi connectivity index (χ1v) is 7.44. The Morgan fingerprint density at radius 3 is 2.94 bits per heavy atom. The zero-order valence-corrected chi connectivity index (χ0v) is 11.6. The van der Waals surface area contributed by atoms with E-state index >= 15 is 0 Å². The van der Waals surface area contributed by atoms with E-state index in [1.54, 1.807) is 36.1 Å². The number of thiazole rings is 1. The fourth-order valence-electron chi connectivity index (χ4n) is 1.31. The molecule has 0 N–H and O–H groups in total. The van der Waals surface area contributed by atoms with Gasteiger partial charge >= 0.3 is 0 Å². The number of carbonyl (C=O) groups is 1. The zero-order valence-electron chi connectivity index (χ0n) is 9.94. The lowest BCUT2D eigenvalue weighted by molar-refractivity contribution is -0.115. The number of nitrogens with zero attached hydrogens (tertiary/aromatic N) is 3. The molecule has 2 rings (SSSR count). The molecule has 2 aromatic rings. The summed E-state index contributed by atoms with van der Waals surface area (Å²) in [4.78, 5) is 21.8. The standard InChI is InChI=1S/C12H13N3OS2/c1-15(12-14-6-7-18-12)11(16)9-17-8-10-4-2-3-5-13-10/h2-7H,8-9H2,1H3. The van der Waals surface area contributed by atoms with Gasteiger partial charge < -0.3 is 0 Å². The van der Waals surface area contributed by atoms with Crippen LogP contribution in [-0.4, -0.2) is 28.7 Å². The average molecular weight is 279 g/mol. The van der Waals surface area contributed by atoms with Crippen LogP contribution in [0.1, 0.15) is 5.69 Å². The first-order chi connectivity index (χ1) is 8.77. The van der Waals surface area contributed by atoms with Crippen LogP contribution in [0.3, 0.4) is 0 Å². The quantitative estimate of drug-likeness (QED) is 0.843. The van der Waals surface area contributed by atoms with Crippen molar-refractivity contribution in [3.05, 3.63) is 41.7 Å². The average Bonchev–Trinajstić information content (AvgIpc) is 2.93. The molecule has 0 aliphatic heterocycles. The lowest BCUT2D eigenvalue weighted by Gasteiger charge is -2.12. The normalized spacial score (nSPS) is 10.3. The highest BCUT2D eigenvalue weighted by Crippen LogP contribution is 2.17. The Kier molecular flexibility index (Phi) is 4.72. The molecule has 0 unspecified atom stereocenters. The number of thioether (sulfide) groups is 1. The summed E-state index contributed by atoms with van der Waals surface area (Å²) in [6, 6.07) is 5.80. The second-order valence-corrected chi connectivity index (χ2v) is 5.44. The summed E-state index contributed by atoms with van der Waals surface area (Å²) in [7, 11) is 1.75. The Bertz CT molecular complexity index is 487. The van der Waals surface area contributed by atoms with Crippen LogP contribution < -0.4 is 4.90 Å². The molecule has 2 aromatic heterocycles. The van der Waals surface area contributed by atoms with E-state index < -0.39 is 0 Å². The highest BCUT2D eigenvalue weighted by atomic mass is 32.2. The summed E-state index contributed by atoms with van der Waals surface area (Å²) in [5, 5.41) is 2.60. The largest absolute Gasteiger partial charge is 0.291 e. The van der Waals surface area contributed by atoms with Crippen LogP contribution in [0, 0.1) is 0 Å². The molecule has 2 heterocycles. The summed E-state index contributed by atoms with van der Waals surface area (Å²) in [5.41, 5.74) is 0.993. The van der Waals surface area contributed by atoms with E-state index in [4.69, 9.17) is 0 Å². The fourth-order valence-corrected chi connectivity index (χ4v) is 2.79. The maximum absolute atomic E-state index is 11.9. The van der Waals surface area contributed by atoms with Crippen molar-refractivity contribution in [2.75, 3.05) is 17.7 Å². The van der Waals surface area contributed by atoms with E-state index in [0.29, 0.717) is 5.75 Å². The number of hydrogen-bond donors (Lipinski definition) is 0. The molecule has 0 saturated carbocycles. The van der Waals surface area contributed by atoms with Crippen molar-refractivity contribution in [1.82, 2.24) is 9.97 Å². The lowest BCUT2D eigenvalue weighted by Crippen LogP contribution is -2.27. The summed E-state index contributed by atoms with van der Waals surface area (Å²) in [6.45, 7) is 0. The van der Waals surface area contributed by atoms with Gasteiger partial charge in [-0.05, 0) is 12.1 Å². The monoisotopic (exact) mass is 279 g/mol. The molecule has 0 aliphatic rings. The van der Waals surface area contributed by atoms with Gasteiger partial charge in [0, 0.05) is 30.6 Å². The fraction of sp³-hybridized carbons (Fsp3) is 0.250. The lowest BCUT2D eigenvalue weighted by atomic mass is 10.4. The molecule has 18 heavy (non-hydrogen) atoms. The Labute approximate surface area is 114 Å². The van der Waals surface area contributed by atoms with Crippen LogP contribution >= 0.6 is 23.1 Å². The number of hydrogen-bond acceptors (Lipinski definition) is 5. The molecule has 4 nitrogen and oxygen atoms in total. The Balaban J connectivity index is 1.79. The van der Waals surface area contributed by atoms with Gasteiger partial charge in [-0.1, -0.05) is 6.07 Å². The number of rotatable bonds is 5. The molecule has 0 saturated heterocycles. The van der Waals surface area contributed by atoms with Gasteiger partial charge in [-0.2, -0.15) is 0 Å². The van der Waals surface area contributed by atoms with Gasteiger partial charge in [0.1, 0.15) is 0 Å². The minimum absolute atomic E-state index is 0.0610. The zero-order chi connectivity index (χ0) is 12.8. The van der Waals surface area contributed by atoms with Crippen molar-refractivity contribution in [3.63, 3.8) is 0 Å². The maximum atomic E-state index is 11.9. The van der Waals surface area contributed by atoms with Gasteiger partial charge in [-0.15, -0.1) is 23.1 Å². The Morgan fingerprint density at radius 2 is 2.28 bits per heavy atom. The second kappa shape index (κ2) is 6.51.